The molecule has 130 valence electrons. The number of hydrogen-bond donors (Lipinski definition) is 3. The molecule has 4 rings (SSSR count). The Morgan fingerprint density at radius 2 is 1.31 bits per heavy atom. The highest BCUT2D eigenvalue weighted by atomic mass is 16.3. The summed E-state index contributed by atoms with van der Waals surface area (Å²) >= 11 is 0. The number of aliphatic hydroxyl groups is 1. The second-order valence-electron chi connectivity index (χ2n) is 6.61. The Kier molecular flexibility index (Phi) is 4.57. The smallest absolute Gasteiger partial charge is 0.0950 e. The zero-order valence-electron chi connectivity index (χ0n) is 14.4. The van der Waals surface area contributed by atoms with E-state index in [4.69, 9.17) is 5.73 Å². The van der Waals surface area contributed by atoms with Crippen LogP contribution in [0.15, 0.2) is 91.1 Å². The van der Waals surface area contributed by atoms with Gasteiger partial charge in [0.2, 0.25) is 0 Å². The Hall–Kier alpha value is -2.88. The van der Waals surface area contributed by atoms with Crippen LogP contribution in [-0.2, 0) is 0 Å². The van der Waals surface area contributed by atoms with Gasteiger partial charge in [-0.3, -0.25) is 0 Å². The van der Waals surface area contributed by atoms with Crippen molar-refractivity contribution in [2.24, 2.45) is 5.73 Å². The maximum atomic E-state index is 11.0. The topological polar surface area (TPSA) is 62.0 Å². The van der Waals surface area contributed by atoms with Crippen molar-refractivity contribution in [2.45, 2.75) is 18.1 Å². The highest BCUT2D eigenvalue weighted by Crippen LogP contribution is 2.36. The molecule has 1 aromatic heterocycles. The first-order chi connectivity index (χ1) is 12.8. The summed E-state index contributed by atoms with van der Waals surface area (Å²) in [5.74, 6) is -0.123. The monoisotopic (exact) mass is 342 g/mol. The average molecular weight is 342 g/mol. The molecule has 0 unspecified atom stereocenters. The van der Waals surface area contributed by atoms with Crippen molar-refractivity contribution < 1.29 is 5.11 Å². The predicted octanol–water partition coefficient (Wildman–Crippen LogP) is 4.36. The third kappa shape index (κ3) is 3.03. The zero-order chi connectivity index (χ0) is 17.9. The van der Waals surface area contributed by atoms with Crippen LogP contribution in [0, 0.1) is 0 Å². The van der Waals surface area contributed by atoms with E-state index in [1.54, 1.807) is 0 Å². The molecule has 0 spiro atoms. The summed E-state index contributed by atoms with van der Waals surface area (Å²) in [7, 11) is 0. The molecular weight excluding hydrogens is 320 g/mol. The van der Waals surface area contributed by atoms with Crippen LogP contribution in [0.3, 0.4) is 0 Å². The lowest BCUT2D eigenvalue weighted by Gasteiger charge is -2.28. The third-order valence-corrected chi connectivity index (χ3v) is 5.01. The van der Waals surface area contributed by atoms with E-state index >= 15 is 0 Å². The summed E-state index contributed by atoms with van der Waals surface area (Å²) in [5, 5.41) is 12.1. The van der Waals surface area contributed by atoms with E-state index in [9.17, 15) is 5.11 Å². The van der Waals surface area contributed by atoms with E-state index in [0.717, 1.165) is 27.6 Å². The number of rotatable bonds is 5. The lowest BCUT2D eigenvalue weighted by Crippen LogP contribution is -2.35. The molecule has 4 aromatic rings. The summed E-state index contributed by atoms with van der Waals surface area (Å²) in [6.07, 6.45) is 1.26. The van der Waals surface area contributed by atoms with Gasteiger partial charge in [0, 0.05) is 29.1 Å². The van der Waals surface area contributed by atoms with Crippen LogP contribution in [0.2, 0.25) is 0 Å². The molecule has 0 bridgehead atoms. The van der Waals surface area contributed by atoms with Crippen molar-refractivity contribution in [3.8, 4) is 0 Å². The van der Waals surface area contributed by atoms with Crippen LogP contribution in [0.4, 0.5) is 0 Å². The molecule has 0 aliphatic rings. The van der Waals surface area contributed by atoms with Gasteiger partial charge in [0.15, 0.2) is 0 Å². The number of nitrogens with one attached hydrogen (secondary N) is 1. The molecule has 0 aliphatic carbocycles. The van der Waals surface area contributed by atoms with Crippen LogP contribution in [0.1, 0.15) is 28.7 Å². The number of aliphatic hydroxyl groups excluding tert-OH is 1. The van der Waals surface area contributed by atoms with Crippen molar-refractivity contribution >= 4 is 10.9 Å². The number of H-pyrrole nitrogens is 1. The Morgan fingerprint density at radius 1 is 0.731 bits per heavy atom. The van der Waals surface area contributed by atoms with Crippen molar-refractivity contribution in [1.29, 1.82) is 0 Å². The molecule has 0 saturated carbocycles. The molecule has 0 aliphatic heterocycles. The highest BCUT2D eigenvalue weighted by molar-refractivity contribution is 5.84. The zero-order valence-corrected chi connectivity index (χ0v) is 14.4. The molecule has 4 N–H and O–H groups in total. The molecule has 26 heavy (non-hydrogen) atoms. The quantitative estimate of drug-likeness (QED) is 0.504. The minimum atomic E-state index is -0.755. The maximum Gasteiger partial charge on any atom is 0.0950 e. The minimum Gasteiger partial charge on any atom is -0.387 e. The summed E-state index contributed by atoms with van der Waals surface area (Å²) in [5.41, 5.74) is 10.8. The van der Waals surface area contributed by atoms with E-state index in [1.807, 2.05) is 66.9 Å². The van der Waals surface area contributed by atoms with Crippen molar-refractivity contribution in [1.82, 2.24) is 4.98 Å². The predicted molar refractivity (Wildman–Crippen MR) is 106 cm³/mol. The van der Waals surface area contributed by atoms with Gasteiger partial charge in [-0.15, -0.1) is 0 Å². The second-order valence-corrected chi connectivity index (χ2v) is 6.61. The largest absolute Gasteiger partial charge is 0.387 e. The Bertz CT molecular complexity index is 979. The van der Waals surface area contributed by atoms with E-state index in [0.29, 0.717) is 0 Å². The number of para-hydroxylation sites is 1. The Labute approximate surface area is 153 Å². The summed E-state index contributed by atoms with van der Waals surface area (Å²) in [4.78, 5) is 3.33. The molecule has 0 saturated heterocycles. The Balaban J connectivity index is 1.81. The fourth-order valence-electron chi connectivity index (χ4n) is 3.68. The van der Waals surface area contributed by atoms with Gasteiger partial charge >= 0.3 is 0 Å². The van der Waals surface area contributed by atoms with E-state index in [2.05, 4.69) is 29.2 Å². The van der Waals surface area contributed by atoms with Crippen LogP contribution >= 0.6 is 0 Å². The molecule has 0 amide bonds. The normalized spacial score (nSPS) is 14.8. The van der Waals surface area contributed by atoms with Gasteiger partial charge in [-0.05, 0) is 22.8 Å². The number of aromatic amines is 1. The van der Waals surface area contributed by atoms with Gasteiger partial charge in [0.1, 0.15) is 0 Å². The first kappa shape index (κ1) is 16.6. The lowest BCUT2D eigenvalue weighted by molar-refractivity contribution is 0.139. The first-order valence-electron chi connectivity index (χ1n) is 8.85. The van der Waals surface area contributed by atoms with Crippen LogP contribution in [0.25, 0.3) is 10.9 Å². The molecule has 0 fully saturated rings. The van der Waals surface area contributed by atoms with Crippen molar-refractivity contribution in [3.05, 3.63) is 108 Å². The summed E-state index contributed by atoms with van der Waals surface area (Å²) in [6.45, 7) is 0. The number of hydrogen-bond acceptors (Lipinski definition) is 2. The van der Waals surface area contributed by atoms with Crippen LogP contribution in [-0.4, -0.2) is 16.1 Å². The average Bonchev–Trinajstić information content (AvgIpc) is 3.13. The van der Waals surface area contributed by atoms with Gasteiger partial charge in [-0.25, -0.2) is 0 Å². The standard InChI is InChI=1S/C23H22N2O/c24-22(23(26)17-11-5-2-6-12-17)21(16-9-3-1-4-10-16)19-15-25-20-14-8-7-13-18(19)20/h1-15,21-23,25-26H,24H2/t21-,22+,23+/m1/s1. The van der Waals surface area contributed by atoms with Crippen LogP contribution in [0.5, 0.6) is 0 Å². The number of benzene rings is 3. The molecule has 3 heteroatoms. The van der Waals surface area contributed by atoms with E-state index < -0.39 is 12.1 Å². The molecular formula is C23H22N2O. The minimum absolute atomic E-state index is 0.123. The summed E-state index contributed by atoms with van der Waals surface area (Å²) in [6, 6.07) is 27.5. The molecule has 3 aromatic carbocycles. The van der Waals surface area contributed by atoms with Crippen molar-refractivity contribution in [2.75, 3.05) is 0 Å². The lowest BCUT2D eigenvalue weighted by atomic mass is 9.81. The van der Waals surface area contributed by atoms with Gasteiger partial charge in [0.05, 0.1) is 6.10 Å². The number of aromatic nitrogens is 1. The third-order valence-electron chi connectivity index (χ3n) is 5.01. The van der Waals surface area contributed by atoms with E-state index in [-0.39, 0.29) is 5.92 Å². The number of fused-ring (bicyclic) bond motifs is 1. The molecule has 0 radical (unpaired) electrons. The molecule has 3 nitrogen and oxygen atoms in total. The first-order valence-corrected chi connectivity index (χ1v) is 8.85. The summed E-state index contributed by atoms with van der Waals surface area (Å²) < 4.78 is 0. The van der Waals surface area contributed by atoms with Gasteiger partial charge in [0.25, 0.3) is 0 Å². The molecule has 3 atom stereocenters. The highest BCUT2D eigenvalue weighted by Gasteiger charge is 2.30. The van der Waals surface area contributed by atoms with Crippen LogP contribution < -0.4 is 5.73 Å². The van der Waals surface area contributed by atoms with Gasteiger partial charge in [-0.1, -0.05) is 78.9 Å². The molecule has 1 heterocycles. The van der Waals surface area contributed by atoms with Gasteiger partial charge < -0.3 is 15.8 Å². The van der Waals surface area contributed by atoms with E-state index in [1.165, 1.54) is 0 Å². The van der Waals surface area contributed by atoms with Crippen molar-refractivity contribution in [3.63, 3.8) is 0 Å². The fourth-order valence-corrected chi connectivity index (χ4v) is 3.68. The maximum absolute atomic E-state index is 11.0. The second kappa shape index (κ2) is 7.16. The Morgan fingerprint density at radius 3 is 2.00 bits per heavy atom. The fraction of sp³-hybridized carbons (Fsp3) is 0.130. The SMILES string of the molecule is N[C@@H]([C@H](c1ccccc1)c1c[nH]c2ccccc12)[C@@H](O)c1ccccc1. The number of nitrogens with two attached hydrogens (primary N) is 1. The van der Waals surface area contributed by atoms with Gasteiger partial charge in [-0.2, -0.15) is 0 Å².